The van der Waals surface area contributed by atoms with E-state index in [0.29, 0.717) is 0 Å². The molecule has 2 atom stereocenters. The van der Waals surface area contributed by atoms with Crippen molar-refractivity contribution >= 4 is 18.0 Å². The van der Waals surface area contributed by atoms with Crippen LogP contribution in [-0.2, 0) is 23.8 Å². The van der Waals surface area contributed by atoms with Gasteiger partial charge in [0, 0.05) is 33.2 Å². The average Bonchev–Trinajstić information content (AvgIpc) is 3.43. The zero-order chi connectivity index (χ0) is 25.0. The first-order valence-electron chi connectivity index (χ1n) is 11.5. The lowest BCUT2D eigenvalue weighted by Crippen LogP contribution is -2.51. The third-order valence-electron chi connectivity index (χ3n) is 6.81. The summed E-state index contributed by atoms with van der Waals surface area (Å²) in [6.07, 6.45) is -0.463. The van der Waals surface area contributed by atoms with Crippen LogP contribution < -0.4 is 5.32 Å². The number of amides is 2. The first kappa shape index (κ1) is 24.7. The second kappa shape index (κ2) is 10.5. The normalized spacial score (nSPS) is 19.7. The topological polar surface area (TPSA) is 114 Å². The van der Waals surface area contributed by atoms with Crippen molar-refractivity contribution in [3.63, 3.8) is 0 Å². The van der Waals surface area contributed by atoms with E-state index in [1.807, 2.05) is 36.4 Å². The van der Waals surface area contributed by atoms with E-state index in [4.69, 9.17) is 14.2 Å². The highest BCUT2D eigenvalue weighted by molar-refractivity contribution is 5.87. The van der Waals surface area contributed by atoms with Crippen molar-refractivity contribution in [3.8, 4) is 11.1 Å². The van der Waals surface area contributed by atoms with Crippen LogP contribution in [0.1, 0.15) is 23.5 Å². The molecule has 0 spiro atoms. The van der Waals surface area contributed by atoms with Crippen molar-refractivity contribution in [1.29, 1.82) is 0 Å². The maximum atomic E-state index is 13.1. The fourth-order valence-electron chi connectivity index (χ4n) is 5.04. The summed E-state index contributed by atoms with van der Waals surface area (Å²) < 4.78 is 15.8. The molecule has 186 valence electrons. The van der Waals surface area contributed by atoms with E-state index in [0.717, 1.165) is 22.3 Å². The fourth-order valence-corrected chi connectivity index (χ4v) is 5.04. The van der Waals surface area contributed by atoms with Crippen LogP contribution in [-0.4, -0.2) is 81.1 Å². The van der Waals surface area contributed by atoms with Crippen molar-refractivity contribution in [3.05, 3.63) is 59.7 Å². The number of methoxy groups -OCH3 is 2. The first-order chi connectivity index (χ1) is 16.9. The standard InChI is InChI=1S/C26H30N2O7/c1-33-14-22(23(29)28-12-11-26(15-28,16-34-2)24(30)31)27-25(32)35-13-21-19-9-5-3-7-17(19)18-8-4-6-10-20(18)21/h3-10,21-22H,11-16H2,1-2H3,(H,27,32)(H,30,31)/t22-,26?/m0/s1. The fraction of sp³-hybridized carbons (Fsp3) is 0.423. The Morgan fingerprint density at radius 2 is 1.69 bits per heavy atom. The van der Waals surface area contributed by atoms with Gasteiger partial charge in [0.25, 0.3) is 0 Å². The van der Waals surface area contributed by atoms with E-state index in [2.05, 4.69) is 17.4 Å². The van der Waals surface area contributed by atoms with Gasteiger partial charge in [0.15, 0.2) is 0 Å². The Labute approximate surface area is 204 Å². The summed E-state index contributed by atoms with van der Waals surface area (Å²) >= 11 is 0. The molecule has 2 amide bonds. The number of hydrogen-bond donors (Lipinski definition) is 2. The number of rotatable bonds is 9. The molecule has 0 bridgehead atoms. The lowest BCUT2D eigenvalue weighted by Gasteiger charge is -2.26. The molecule has 35 heavy (non-hydrogen) atoms. The maximum Gasteiger partial charge on any atom is 0.407 e. The highest BCUT2D eigenvalue weighted by atomic mass is 16.5. The SMILES string of the molecule is COC[C@H](NC(=O)OCC1c2ccccc2-c2ccccc21)C(=O)N1CCC(COC)(C(=O)O)C1. The van der Waals surface area contributed by atoms with E-state index in [9.17, 15) is 19.5 Å². The lowest BCUT2D eigenvalue weighted by molar-refractivity contribution is -0.151. The molecule has 1 fully saturated rings. The monoisotopic (exact) mass is 482 g/mol. The molecule has 1 saturated heterocycles. The highest BCUT2D eigenvalue weighted by Crippen LogP contribution is 2.44. The number of carbonyl (C=O) groups excluding carboxylic acids is 2. The quantitative estimate of drug-likeness (QED) is 0.564. The Balaban J connectivity index is 1.40. The summed E-state index contributed by atoms with van der Waals surface area (Å²) in [5.74, 6) is -1.53. The molecule has 1 heterocycles. The summed E-state index contributed by atoms with van der Waals surface area (Å²) in [7, 11) is 2.86. The van der Waals surface area contributed by atoms with Crippen LogP contribution in [0.4, 0.5) is 4.79 Å². The summed E-state index contributed by atoms with van der Waals surface area (Å²) in [5, 5.41) is 12.3. The van der Waals surface area contributed by atoms with Gasteiger partial charge in [-0.1, -0.05) is 48.5 Å². The van der Waals surface area contributed by atoms with Gasteiger partial charge in [0.2, 0.25) is 5.91 Å². The molecule has 2 aromatic carbocycles. The molecule has 0 saturated carbocycles. The minimum Gasteiger partial charge on any atom is -0.481 e. The summed E-state index contributed by atoms with van der Waals surface area (Å²) in [6.45, 7) is 0.306. The second-order valence-corrected chi connectivity index (χ2v) is 9.01. The molecule has 2 aliphatic rings. The second-order valence-electron chi connectivity index (χ2n) is 9.01. The minimum absolute atomic E-state index is 0.000858. The number of aliphatic carboxylic acids is 1. The van der Waals surface area contributed by atoms with Crippen molar-refractivity contribution in [2.45, 2.75) is 18.4 Å². The van der Waals surface area contributed by atoms with E-state index in [-0.39, 0.29) is 45.2 Å². The summed E-state index contributed by atoms with van der Waals surface area (Å²) in [6, 6.07) is 15.1. The van der Waals surface area contributed by atoms with Crippen LogP contribution in [0.15, 0.2) is 48.5 Å². The number of likely N-dealkylation sites (tertiary alicyclic amines) is 1. The van der Waals surface area contributed by atoms with Gasteiger partial charge < -0.3 is 29.5 Å². The van der Waals surface area contributed by atoms with Gasteiger partial charge >= 0.3 is 12.1 Å². The molecule has 0 radical (unpaired) electrons. The zero-order valence-corrected chi connectivity index (χ0v) is 19.9. The molecule has 9 heteroatoms. The summed E-state index contributed by atoms with van der Waals surface area (Å²) in [5.41, 5.74) is 3.26. The van der Waals surface area contributed by atoms with Crippen LogP contribution >= 0.6 is 0 Å². The Hall–Kier alpha value is -3.43. The van der Waals surface area contributed by atoms with Crippen LogP contribution in [0.2, 0.25) is 0 Å². The molecule has 9 nitrogen and oxygen atoms in total. The van der Waals surface area contributed by atoms with Gasteiger partial charge in [-0.15, -0.1) is 0 Å². The van der Waals surface area contributed by atoms with Gasteiger partial charge in [0.1, 0.15) is 18.1 Å². The van der Waals surface area contributed by atoms with Crippen LogP contribution in [0, 0.1) is 5.41 Å². The molecular formula is C26H30N2O7. The molecule has 1 unspecified atom stereocenters. The Morgan fingerprint density at radius 3 is 2.26 bits per heavy atom. The van der Waals surface area contributed by atoms with Gasteiger partial charge in [0.05, 0.1) is 13.2 Å². The third kappa shape index (κ3) is 4.87. The van der Waals surface area contributed by atoms with Crippen molar-refractivity contribution < 1.29 is 33.7 Å². The predicted octanol–water partition coefficient (Wildman–Crippen LogP) is 2.49. The summed E-state index contributed by atoms with van der Waals surface area (Å²) in [4.78, 5) is 39.0. The predicted molar refractivity (Wildman–Crippen MR) is 127 cm³/mol. The number of nitrogens with zero attached hydrogens (tertiary/aromatic N) is 1. The number of fused-ring (bicyclic) bond motifs is 3. The highest BCUT2D eigenvalue weighted by Gasteiger charge is 2.47. The van der Waals surface area contributed by atoms with Gasteiger partial charge in [-0.05, 0) is 28.7 Å². The van der Waals surface area contributed by atoms with Crippen LogP contribution in [0.5, 0.6) is 0 Å². The molecule has 1 aliphatic carbocycles. The lowest BCUT2D eigenvalue weighted by atomic mass is 9.88. The number of carboxylic acid groups (broad SMARTS) is 1. The number of alkyl carbamates (subject to hydrolysis) is 1. The molecule has 2 N–H and O–H groups in total. The minimum atomic E-state index is -1.16. The van der Waals surface area contributed by atoms with E-state index >= 15 is 0 Å². The zero-order valence-electron chi connectivity index (χ0n) is 19.9. The van der Waals surface area contributed by atoms with Crippen molar-refractivity contribution in [2.24, 2.45) is 5.41 Å². The number of ether oxygens (including phenoxy) is 3. The van der Waals surface area contributed by atoms with Crippen molar-refractivity contribution in [2.75, 3.05) is 47.1 Å². The third-order valence-corrected chi connectivity index (χ3v) is 6.81. The Morgan fingerprint density at radius 1 is 1.06 bits per heavy atom. The molecular weight excluding hydrogens is 452 g/mol. The van der Waals surface area contributed by atoms with E-state index in [1.54, 1.807) is 0 Å². The number of hydrogen-bond acceptors (Lipinski definition) is 6. The van der Waals surface area contributed by atoms with Crippen LogP contribution in [0.25, 0.3) is 11.1 Å². The number of benzene rings is 2. The molecule has 4 rings (SSSR count). The smallest absolute Gasteiger partial charge is 0.407 e. The first-order valence-corrected chi connectivity index (χ1v) is 11.5. The number of carboxylic acids is 1. The van der Waals surface area contributed by atoms with E-state index < -0.39 is 29.4 Å². The van der Waals surface area contributed by atoms with Gasteiger partial charge in [-0.25, -0.2) is 4.79 Å². The molecule has 1 aliphatic heterocycles. The number of carbonyl (C=O) groups is 3. The van der Waals surface area contributed by atoms with Gasteiger partial charge in [-0.3, -0.25) is 9.59 Å². The largest absolute Gasteiger partial charge is 0.481 e. The van der Waals surface area contributed by atoms with E-state index in [1.165, 1.54) is 19.1 Å². The Kier molecular flexibility index (Phi) is 7.37. The average molecular weight is 483 g/mol. The van der Waals surface area contributed by atoms with Crippen molar-refractivity contribution in [1.82, 2.24) is 10.2 Å². The number of nitrogens with one attached hydrogen (secondary N) is 1. The Bertz CT molecular complexity index is 1060. The molecule has 0 aromatic heterocycles. The van der Waals surface area contributed by atoms with Crippen LogP contribution in [0.3, 0.4) is 0 Å². The maximum absolute atomic E-state index is 13.1. The molecule has 2 aromatic rings. The van der Waals surface area contributed by atoms with Gasteiger partial charge in [-0.2, -0.15) is 0 Å².